The Morgan fingerprint density at radius 2 is 2.06 bits per heavy atom. The summed E-state index contributed by atoms with van der Waals surface area (Å²) in [6.45, 7) is 1.65. The van der Waals surface area contributed by atoms with Gasteiger partial charge >= 0.3 is 5.97 Å². The summed E-state index contributed by atoms with van der Waals surface area (Å²) in [5.41, 5.74) is 1.23. The van der Waals surface area contributed by atoms with Crippen molar-refractivity contribution in [2.24, 2.45) is 0 Å². The van der Waals surface area contributed by atoms with Crippen LogP contribution in [0.2, 0.25) is 0 Å². The largest absolute Gasteiger partial charge is 0.478 e. The van der Waals surface area contributed by atoms with Crippen molar-refractivity contribution >= 4 is 17.6 Å². The summed E-state index contributed by atoms with van der Waals surface area (Å²) in [4.78, 5) is 10.8. The van der Waals surface area contributed by atoms with Crippen LogP contribution in [0, 0.1) is 6.92 Å². The lowest BCUT2D eigenvalue weighted by atomic mass is 9.98. The fourth-order valence-electron chi connectivity index (χ4n) is 1.60. The molecule has 0 aromatic heterocycles. The lowest BCUT2D eigenvalue weighted by Gasteiger charge is -2.18. The third-order valence-corrected chi connectivity index (χ3v) is 2.81. The molecule has 0 radical (unpaired) electrons. The Morgan fingerprint density at radius 3 is 2.53 bits per heavy atom. The Morgan fingerprint density at radius 1 is 1.41 bits per heavy atom. The van der Waals surface area contributed by atoms with E-state index in [1.165, 1.54) is 12.1 Å². The molecule has 0 spiro atoms. The van der Waals surface area contributed by atoms with E-state index in [4.69, 9.17) is 16.7 Å². The minimum atomic E-state index is -1.05. The van der Waals surface area contributed by atoms with Crippen molar-refractivity contribution in [2.45, 2.75) is 25.6 Å². The van der Waals surface area contributed by atoms with Crippen LogP contribution in [0.5, 0.6) is 0 Å². The van der Waals surface area contributed by atoms with Crippen molar-refractivity contribution < 1.29 is 20.1 Å². The number of halogens is 1. The first kappa shape index (κ1) is 14.0. The SMILES string of the molecule is Cc1cc(C(O)C(O)CCCl)ccc1C(=O)O. The molecule has 0 amide bonds. The molecule has 1 aromatic rings. The zero-order valence-electron chi connectivity index (χ0n) is 9.43. The van der Waals surface area contributed by atoms with E-state index in [0.717, 1.165) is 0 Å². The van der Waals surface area contributed by atoms with Crippen molar-refractivity contribution in [1.82, 2.24) is 0 Å². The molecular formula is C12H15ClO4. The Hall–Kier alpha value is -1.10. The van der Waals surface area contributed by atoms with Gasteiger partial charge in [-0.25, -0.2) is 4.79 Å². The van der Waals surface area contributed by atoms with Gasteiger partial charge in [-0.1, -0.05) is 12.1 Å². The molecule has 94 valence electrons. The quantitative estimate of drug-likeness (QED) is 0.703. The maximum absolute atomic E-state index is 10.8. The zero-order valence-corrected chi connectivity index (χ0v) is 10.2. The molecule has 1 aromatic carbocycles. The fourth-order valence-corrected chi connectivity index (χ4v) is 1.83. The second-order valence-electron chi connectivity index (χ2n) is 3.87. The Labute approximate surface area is 104 Å². The summed E-state index contributed by atoms with van der Waals surface area (Å²) in [5, 5.41) is 28.3. The van der Waals surface area contributed by atoms with E-state index in [9.17, 15) is 15.0 Å². The molecule has 17 heavy (non-hydrogen) atoms. The summed E-state index contributed by atoms with van der Waals surface area (Å²) < 4.78 is 0. The number of carboxylic acid groups (broad SMARTS) is 1. The van der Waals surface area contributed by atoms with E-state index >= 15 is 0 Å². The summed E-state index contributed by atoms with van der Waals surface area (Å²) in [6.07, 6.45) is -1.71. The smallest absolute Gasteiger partial charge is 0.335 e. The molecular weight excluding hydrogens is 244 g/mol. The van der Waals surface area contributed by atoms with E-state index in [2.05, 4.69) is 0 Å². The van der Waals surface area contributed by atoms with Crippen LogP contribution in [0.25, 0.3) is 0 Å². The highest BCUT2D eigenvalue weighted by molar-refractivity contribution is 6.17. The molecule has 3 N–H and O–H groups in total. The van der Waals surface area contributed by atoms with Crippen molar-refractivity contribution in [3.05, 3.63) is 34.9 Å². The summed E-state index contributed by atoms with van der Waals surface area (Å²) in [6, 6.07) is 4.48. The van der Waals surface area contributed by atoms with Crippen LogP contribution in [0.4, 0.5) is 0 Å². The summed E-state index contributed by atoms with van der Waals surface area (Å²) in [5.74, 6) is -0.755. The number of hydrogen-bond acceptors (Lipinski definition) is 3. The molecule has 0 saturated carbocycles. The Kier molecular flexibility index (Phi) is 4.93. The minimum Gasteiger partial charge on any atom is -0.478 e. The third kappa shape index (κ3) is 3.43. The van der Waals surface area contributed by atoms with Gasteiger partial charge in [0.05, 0.1) is 11.7 Å². The number of aromatic carboxylic acids is 1. The zero-order chi connectivity index (χ0) is 13.0. The third-order valence-electron chi connectivity index (χ3n) is 2.59. The average molecular weight is 259 g/mol. The summed E-state index contributed by atoms with van der Waals surface area (Å²) in [7, 11) is 0. The van der Waals surface area contributed by atoms with Gasteiger partial charge < -0.3 is 15.3 Å². The molecule has 0 heterocycles. The van der Waals surface area contributed by atoms with E-state index in [1.807, 2.05) is 0 Å². The van der Waals surface area contributed by atoms with E-state index in [1.54, 1.807) is 13.0 Å². The number of aliphatic hydroxyl groups excluding tert-OH is 2. The van der Waals surface area contributed by atoms with Crippen molar-refractivity contribution in [2.75, 3.05) is 5.88 Å². The van der Waals surface area contributed by atoms with Crippen LogP contribution in [0.1, 0.15) is 34.0 Å². The van der Waals surface area contributed by atoms with Crippen molar-refractivity contribution in [1.29, 1.82) is 0 Å². The van der Waals surface area contributed by atoms with Gasteiger partial charge in [-0.2, -0.15) is 0 Å². The highest BCUT2D eigenvalue weighted by Gasteiger charge is 2.19. The number of benzene rings is 1. The first-order valence-electron chi connectivity index (χ1n) is 5.23. The van der Waals surface area contributed by atoms with Gasteiger partial charge in [-0.15, -0.1) is 11.6 Å². The topological polar surface area (TPSA) is 77.8 Å². The number of carboxylic acids is 1. The molecule has 0 aliphatic rings. The molecule has 0 aliphatic carbocycles. The standard InChI is InChI=1S/C12H15ClO4/c1-7-6-8(2-3-9(7)12(16)17)11(15)10(14)4-5-13/h2-3,6,10-11,14-15H,4-5H2,1H3,(H,16,17). The maximum atomic E-state index is 10.8. The van der Waals surface area contributed by atoms with Gasteiger partial charge in [-0.05, 0) is 30.5 Å². The van der Waals surface area contributed by atoms with Crippen molar-refractivity contribution in [3.63, 3.8) is 0 Å². The molecule has 0 saturated heterocycles. The lowest BCUT2D eigenvalue weighted by molar-refractivity contribution is 0.0169. The van der Waals surface area contributed by atoms with Crippen LogP contribution in [0.3, 0.4) is 0 Å². The average Bonchev–Trinajstić information content (AvgIpc) is 2.27. The molecule has 2 unspecified atom stereocenters. The van der Waals surface area contributed by atoms with E-state index in [0.29, 0.717) is 11.1 Å². The van der Waals surface area contributed by atoms with Gasteiger partial charge in [0, 0.05) is 5.88 Å². The van der Waals surface area contributed by atoms with E-state index < -0.39 is 18.2 Å². The Balaban J connectivity index is 2.93. The number of hydrogen-bond donors (Lipinski definition) is 3. The highest BCUT2D eigenvalue weighted by Crippen LogP contribution is 2.22. The predicted octanol–water partition coefficient (Wildman–Crippen LogP) is 1.72. The lowest BCUT2D eigenvalue weighted by Crippen LogP contribution is -2.19. The van der Waals surface area contributed by atoms with Crippen molar-refractivity contribution in [3.8, 4) is 0 Å². The number of aryl methyl sites for hydroxylation is 1. The number of aliphatic hydroxyl groups is 2. The molecule has 1 rings (SSSR count). The first-order valence-corrected chi connectivity index (χ1v) is 5.76. The maximum Gasteiger partial charge on any atom is 0.335 e. The monoisotopic (exact) mass is 258 g/mol. The van der Waals surface area contributed by atoms with Crippen LogP contribution in [-0.4, -0.2) is 33.3 Å². The normalized spacial score (nSPS) is 14.4. The summed E-state index contributed by atoms with van der Waals surface area (Å²) >= 11 is 5.48. The molecule has 0 fully saturated rings. The molecule has 0 aliphatic heterocycles. The van der Waals surface area contributed by atoms with Gasteiger partial charge in [0.15, 0.2) is 0 Å². The number of rotatable bonds is 5. The van der Waals surface area contributed by atoms with Crippen LogP contribution in [-0.2, 0) is 0 Å². The van der Waals surface area contributed by atoms with Crippen LogP contribution < -0.4 is 0 Å². The van der Waals surface area contributed by atoms with Gasteiger partial charge in [0.25, 0.3) is 0 Å². The minimum absolute atomic E-state index is 0.188. The first-order chi connectivity index (χ1) is 7.97. The highest BCUT2D eigenvalue weighted by atomic mass is 35.5. The second kappa shape index (κ2) is 6.00. The number of carbonyl (C=O) groups is 1. The van der Waals surface area contributed by atoms with Crippen LogP contribution in [0.15, 0.2) is 18.2 Å². The van der Waals surface area contributed by atoms with Crippen LogP contribution >= 0.6 is 11.6 Å². The Bertz CT molecular complexity index is 405. The molecule has 4 nitrogen and oxygen atoms in total. The predicted molar refractivity (Wildman–Crippen MR) is 64.4 cm³/mol. The molecule has 0 bridgehead atoms. The molecule has 5 heteroatoms. The van der Waals surface area contributed by atoms with Gasteiger partial charge in [-0.3, -0.25) is 0 Å². The van der Waals surface area contributed by atoms with Gasteiger partial charge in [0.1, 0.15) is 6.10 Å². The number of alkyl halides is 1. The van der Waals surface area contributed by atoms with E-state index in [-0.39, 0.29) is 17.9 Å². The second-order valence-corrected chi connectivity index (χ2v) is 4.25. The fraction of sp³-hybridized carbons (Fsp3) is 0.417. The molecule has 2 atom stereocenters. The van der Waals surface area contributed by atoms with Gasteiger partial charge in [0.2, 0.25) is 0 Å².